The van der Waals surface area contributed by atoms with E-state index < -0.39 is 16.0 Å². The van der Waals surface area contributed by atoms with Crippen molar-refractivity contribution in [3.8, 4) is 0 Å². The largest absolute Gasteiger partial charge is 0.355 e. The van der Waals surface area contributed by atoms with E-state index in [1.807, 2.05) is 11.0 Å². The van der Waals surface area contributed by atoms with Gasteiger partial charge in [0.25, 0.3) is 10.0 Å². The van der Waals surface area contributed by atoms with Gasteiger partial charge in [0.2, 0.25) is 0 Å². The summed E-state index contributed by atoms with van der Waals surface area (Å²) in [6, 6.07) is 15.1. The molecular weight excluding hydrogens is 358 g/mol. The Morgan fingerprint density at radius 1 is 1.05 bits per heavy atom. The Hall–Kier alpha value is -1.70. The number of carbonyl (C=O) groups excluding carboxylic acids is 1. The maximum atomic E-state index is 12.0. The van der Waals surface area contributed by atoms with Gasteiger partial charge in [-0.1, -0.05) is 42.5 Å². The van der Waals surface area contributed by atoms with E-state index in [4.69, 9.17) is 0 Å². The van der Waals surface area contributed by atoms with Crippen LogP contribution >= 0.6 is 15.9 Å². The van der Waals surface area contributed by atoms with E-state index in [9.17, 15) is 13.2 Å². The van der Waals surface area contributed by atoms with E-state index in [0.717, 1.165) is 5.56 Å². The van der Waals surface area contributed by atoms with Crippen molar-refractivity contribution in [2.75, 3.05) is 0 Å². The molecule has 0 radical (unpaired) electrons. The van der Waals surface area contributed by atoms with Crippen molar-refractivity contribution in [2.24, 2.45) is 0 Å². The Morgan fingerprint density at radius 3 is 2.33 bits per heavy atom. The van der Waals surface area contributed by atoms with E-state index in [0.29, 0.717) is 4.47 Å². The van der Waals surface area contributed by atoms with E-state index in [1.165, 1.54) is 6.07 Å². The molecule has 0 fully saturated rings. The van der Waals surface area contributed by atoms with Crippen LogP contribution in [0.25, 0.3) is 0 Å². The molecule has 0 bridgehead atoms. The average Bonchev–Trinajstić information content (AvgIpc) is 2.47. The minimum atomic E-state index is -3.92. The van der Waals surface area contributed by atoms with Crippen molar-refractivity contribution in [1.82, 2.24) is 4.89 Å². The first-order valence-corrected chi connectivity index (χ1v) is 8.26. The molecule has 5 nitrogen and oxygen atoms in total. The molecule has 0 saturated carbocycles. The zero-order valence-corrected chi connectivity index (χ0v) is 13.2. The number of carbonyl (C=O) groups is 1. The lowest BCUT2D eigenvalue weighted by Gasteiger charge is -2.08. The Balaban J connectivity index is 1.99. The van der Waals surface area contributed by atoms with Crippen molar-refractivity contribution in [3.05, 3.63) is 64.6 Å². The summed E-state index contributed by atoms with van der Waals surface area (Å²) in [7, 11) is -3.92. The summed E-state index contributed by atoms with van der Waals surface area (Å²) < 4.78 is 24.4. The van der Waals surface area contributed by atoms with Crippen LogP contribution in [0.1, 0.15) is 5.56 Å². The van der Waals surface area contributed by atoms with Crippen LogP contribution in [0, 0.1) is 0 Å². The van der Waals surface area contributed by atoms with Crippen LogP contribution in [0.2, 0.25) is 0 Å². The standard InChI is InChI=1S/C14H12BrNO4S/c15-12-8-4-5-9-13(12)21(18,19)16-20-14(17)10-11-6-2-1-3-7-11/h1-9,16H,10H2. The molecule has 2 aromatic rings. The fraction of sp³-hybridized carbons (Fsp3) is 0.0714. The van der Waals surface area contributed by atoms with E-state index in [-0.39, 0.29) is 11.3 Å². The molecule has 2 aromatic carbocycles. The Morgan fingerprint density at radius 2 is 1.67 bits per heavy atom. The third-order valence-electron chi connectivity index (χ3n) is 2.58. The molecule has 0 aliphatic carbocycles. The highest BCUT2D eigenvalue weighted by atomic mass is 79.9. The fourth-order valence-corrected chi connectivity index (χ4v) is 3.41. The second-order valence-corrected chi connectivity index (χ2v) is 6.62. The third kappa shape index (κ3) is 4.38. The summed E-state index contributed by atoms with van der Waals surface area (Å²) in [5.74, 6) is -0.683. The SMILES string of the molecule is O=C(Cc1ccccc1)ONS(=O)(=O)c1ccccc1Br. The van der Waals surface area contributed by atoms with Crippen LogP contribution < -0.4 is 4.89 Å². The lowest BCUT2D eigenvalue weighted by molar-refractivity contribution is -0.146. The third-order valence-corrected chi connectivity index (χ3v) is 4.77. The first kappa shape index (κ1) is 15.7. The van der Waals surface area contributed by atoms with Gasteiger partial charge in [-0.05, 0) is 38.5 Å². The Labute approximate surface area is 131 Å². The van der Waals surface area contributed by atoms with Gasteiger partial charge >= 0.3 is 5.97 Å². The lowest BCUT2D eigenvalue weighted by atomic mass is 10.2. The van der Waals surface area contributed by atoms with Crippen LogP contribution in [0.15, 0.2) is 64.0 Å². The van der Waals surface area contributed by atoms with Gasteiger partial charge in [-0.15, -0.1) is 0 Å². The number of sulfonamides is 1. The first-order valence-electron chi connectivity index (χ1n) is 5.99. The molecule has 0 aliphatic rings. The number of hydrogen-bond donors (Lipinski definition) is 1. The molecule has 110 valence electrons. The number of rotatable bonds is 5. The van der Waals surface area contributed by atoms with Gasteiger partial charge in [0.05, 0.1) is 11.3 Å². The highest BCUT2D eigenvalue weighted by Gasteiger charge is 2.19. The summed E-state index contributed by atoms with van der Waals surface area (Å²) in [6.07, 6.45) is -0.0146. The molecule has 0 atom stereocenters. The van der Waals surface area contributed by atoms with Crippen molar-refractivity contribution in [2.45, 2.75) is 11.3 Å². The molecule has 0 aliphatic heterocycles. The Bertz CT molecular complexity index is 732. The molecule has 0 saturated heterocycles. The highest BCUT2D eigenvalue weighted by Crippen LogP contribution is 2.20. The van der Waals surface area contributed by atoms with Crippen LogP contribution in [-0.2, 0) is 26.1 Å². The van der Waals surface area contributed by atoms with E-state index in [2.05, 4.69) is 20.8 Å². The molecule has 0 unspecified atom stereocenters. The average molecular weight is 370 g/mol. The molecule has 0 spiro atoms. The summed E-state index contributed by atoms with van der Waals surface area (Å²) in [6.45, 7) is 0. The van der Waals surface area contributed by atoms with Crippen molar-refractivity contribution in [1.29, 1.82) is 0 Å². The number of halogens is 1. The Kier molecular flexibility index (Phi) is 5.11. The summed E-state index contributed by atoms with van der Waals surface area (Å²) in [5, 5.41) is 0. The van der Waals surface area contributed by atoms with E-state index in [1.54, 1.807) is 42.5 Å². The van der Waals surface area contributed by atoms with Gasteiger partial charge in [-0.3, -0.25) is 0 Å². The smallest absolute Gasteiger partial charge is 0.330 e. The summed E-state index contributed by atoms with van der Waals surface area (Å²) in [4.78, 5) is 18.1. The summed E-state index contributed by atoms with van der Waals surface area (Å²) in [5.41, 5.74) is 0.739. The molecule has 0 amide bonds. The normalized spacial score (nSPS) is 11.1. The van der Waals surface area contributed by atoms with Crippen molar-refractivity contribution in [3.63, 3.8) is 0 Å². The van der Waals surface area contributed by atoms with Crippen molar-refractivity contribution >= 4 is 31.9 Å². The monoisotopic (exact) mass is 369 g/mol. The van der Waals surface area contributed by atoms with Crippen LogP contribution in [0.5, 0.6) is 0 Å². The summed E-state index contributed by atoms with van der Waals surface area (Å²) >= 11 is 3.13. The molecule has 1 N–H and O–H groups in total. The second-order valence-electron chi connectivity index (χ2n) is 4.15. The quantitative estimate of drug-likeness (QED) is 0.821. The molecule has 0 heterocycles. The number of nitrogens with one attached hydrogen (secondary N) is 1. The zero-order chi connectivity index (χ0) is 15.3. The molecule has 0 aromatic heterocycles. The molecule has 2 rings (SSSR count). The molecular formula is C14H12BrNO4S. The highest BCUT2D eigenvalue weighted by molar-refractivity contribution is 9.10. The predicted molar refractivity (Wildman–Crippen MR) is 80.7 cm³/mol. The van der Waals surface area contributed by atoms with Gasteiger partial charge in [-0.25, -0.2) is 13.2 Å². The van der Waals surface area contributed by atoms with Crippen molar-refractivity contribution < 1.29 is 18.0 Å². The van der Waals surface area contributed by atoms with Crippen LogP contribution in [0.3, 0.4) is 0 Å². The van der Waals surface area contributed by atoms with E-state index >= 15 is 0 Å². The molecule has 7 heteroatoms. The molecule has 21 heavy (non-hydrogen) atoms. The maximum Gasteiger partial charge on any atom is 0.330 e. The van der Waals surface area contributed by atoms with Crippen LogP contribution in [0.4, 0.5) is 0 Å². The van der Waals surface area contributed by atoms with Crippen LogP contribution in [-0.4, -0.2) is 14.4 Å². The number of hydrogen-bond acceptors (Lipinski definition) is 4. The lowest BCUT2D eigenvalue weighted by Crippen LogP contribution is -2.28. The minimum absolute atomic E-state index is 0.00230. The topological polar surface area (TPSA) is 72.5 Å². The second kappa shape index (κ2) is 6.84. The van der Waals surface area contributed by atoms with Gasteiger partial charge in [0, 0.05) is 4.47 Å². The minimum Gasteiger partial charge on any atom is -0.355 e. The first-order chi connectivity index (χ1) is 9.99. The van der Waals surface area contributed by atoms with Gasteiger partial charge in [0.15, 0.2) is 0 Å². The zero-order valence-electron chi connectivity index (χ0n) is 10.8. The fourth-order valence-electron chi connectivity index (χ4n) is 1.61. The number of benzene rings is 2. The predicted octanol–water partition coefficient (Wildman–Crippen LogP) is 2.43. The van der Waals surface area contributed by atoms with Gasteiger partial charge < -0.3 is 4.84 Å². The maximum absolute atomic E-state index is 12.0. The van der Waals surface area contributed by atoms with Gasteiger partial charge in [0.1, 0.15) is 0 Å². The van der Waals surface area contributed by atoms with Gasteiger partial charge in [-0.2, -0.15) is 0 Å².